The predicted molar refractivity (Wildman–Crippen MR) is 66.2 cm³/mol. The Morgan fingerprint density at radius 3 is 2.27 bits per heavy atom. The summed E-state index contributed by atoms with van der Waals surface area (Å²) in [5.74, 6) is 0. The van der Waals surface area contributed by atoms with E-state index < -0.39 is 10.8 Å². The van der Waals surface area contributed by atoms with Crippen LogP contribution in [0.25, 0.3) is 0 Å². The zero-order chi connectivity index (χ0) is 11.4. The maximum Gasteiger partial charge on any atom is 0.0843 e. The second kappa shape index (κ2) is 5.08. The number of hydrogen-bond acceptors (Lipinski definition) is 1. The minimum Gasteiger partial charge on any atom is -0.249 e. The Kier molecular flexibility index (Phi) is 4.04. The van der Waals surface area contributed by atoms with Gasteiger partial charge in [-0.05, 0) is 39.0 Å². The van der Waals surface area contributed by atoms with Crippen molar-refractivity contribution in [3.63, 3.8) is 0 Å². The SMILES string of the molecule is C=C(C=C(C)C)[S@@](=O)c1ccc(C)cc1. The van der Waals surface area contributed by atoms with Crippen molar-refractivity contribution in [3.05, 3.63) is 53.0 Å². The van der Waals surface area contributed by atoms with Crippen LogP contribution in [0.15, 0.2) is 52.3 Å². The molecular weight excluding hydrogens is 204 g/mol. The van der Waals surface area contributed by atoms with Crippen molar-refractivity contribution < 1.29 is 4.21 Å². The van der Waals surface area contributed by atoms with Gasteiger partial charge >= 0.3 is 0 Å². The summed E-state index contributed by atoms with van der Waals surface area (Å²) in [5, 5.41) is 0. The average Bonchev–Trinajstić information content (AvgIpc) is 2.17. The Hall–Kier alpha value is -1.15. The van der Waals surface area contributed by atoms with Crippen LogP contribution in [-0.4, -0.2) is 4.21 Å². The van der Waals surface area contributed by atoms with Crippen LogP contribution in [0.2, 0.25) is 0 Å². The van der Waals surface area contributed by atoms with E-state index in [0.29, 0.717) is 4.91 Å². The summed E-state index contributed by atoms with van der Waals surface area (Å²) < 4.78 is 12.0. The summed E-state index contributed by atoms with van der Waals surface area (Å²) in [7, 11) is -1.13. The first-order chi connectivity index (χ1) is 7.00. The van der Waals surface area contributed by atoms with Gasteiger partial charge in [-0.25, -0.2) is 4.21 Å². The average molecular weight is 220 g/mol. The zero-order valence-corrected chi connectivity index (χ0v) is 10.2. The molecule has 0 unspecified atom stereocenters. The van der Waals surface area contributed by atoms with Gasteiger partial charge in [-0.2, -0.15) is 0 Å². The quantitative estimate of drug-likeness (QED) is 0.711. The Labute approximate surface area is 94.0 Å². The van der Waals surface area contributed by atoms with Gasteiger partial charge in [0.1, 0.15) is 0 Å². The lowest BCUT2D eigenvalue weighted by Crippen LogP contribution is -1.93. The Balaban J connectivity index is 2.91. The highest BCUT2D eigenvalue weighted by atomic mass is 32.2. The third kappa shape index (κ3) is 3.48. The Morgan fingerprint density at radius 2 is 1.80 bits per heavy atom. The fourth-order valence-electron chi connectivity index (χ4n) is 1.19. The molecule has 0 amide bonds. The van der Waals surface area contributed by atoms with Crippen LogP contribution in [0, 0.1) is 6.92 Å². The second-order valence-corrected chi connectivity index (χ2v) is 5.30. The molecule has 1 rings (SSSR count). The molecule has 1 aromatic carbocycles. The lowest BCUT2D eigenvalue weighted by atomic mass is 10.2. The van der Waals surface area contributed by atoms with E-state index in [1.807, 2.05) is 51.1 Å². The van der Waals surface area contributed by atoms with Crippen LogP contribution in [0.5, 0.6) is 0 Å². The molecule has 0 saturated heterocycles. The van der Waals surface area contributed by atoms with Crippen molar-refractivity contribution in [2.75, 3.05) is 0 Å². The highest BCUT2D eigenvalue weighted by Gasteiger charge is 2.05. The summed E-state index contributed by atoms with van der Waals surface area (Å²) in [6.45, 7) is 9.77. The molecule has 1 nitrogen and oxygen atoms in total. The summed E-state index contributed by atoms with van der Waals surface area (Å²) in [4.78, 5) is 1.46. The molecule has 1 aromatic rings. The molecule has 0 spiro atoms. The van der Waals surface area contributed by atoms with Gasteiger partial charge in [0.25, 0.3) is 0 Å². The molecule has 80 valence electrons. The Bertz CT molecular complexity index is 409. The highest BCUT2D eigenvalue weighted by Crippen LogP contribution is 2.15. The predicted octanol–water partition coefficient (Wildman–Crippen LogP) is 3.58. The van der Waals surface area contributed by atoms with Crippen molar-refractivity contribution in [2.24, 2.45) is 0 Å². The third-order valence-electron chi connectivity index (χ3n) is 1.92. The van der Waals surface area contributed by atoms with Crippen LogP contribution in [0.1, 0.15) is 19.4 Å². The summed E-state index contributed by atoms with van der Waals surface area (Å²) in [5.41, 5.74) is 2.28. The molecular formula is C13H16OS. The smallest absolute Gasteiger partial charge is 0.0843 e. The van der Waals surface area contributed by atoms with Gasteiger partial charge in [0.15, 0.2) is 0 Å². The molecule has 0 aliphatic heterocycles. The number of hydrogen-bond donors (Lipinski definition) is 0. The first-order valence-corrected chi connectivity index (χ1v) is 5.98. The van der Waals surface area contributed by atoms with Crippen LogP contribution in [0.4, 0.5) is 0 Å². The molecule has 0 N–H and O–H groups in total. The first-order valence-electron chi connectivity index (χ1n) is 4.83. The van der Waals surface area contributed by atoms with E-state index in [4.69, 9.17) is 0 Å². The molecule has 0 aliphatic rings. The van der Waals surface area contributed by atoms with Crippen molar-refractivity contribution in [3.8, 4) is 0 Å². The summed E-state index contributed by atoms with van der Waals surface area (Å²) >= 11 is 0. The van der Waals surface area contributed by atoms with Gasteiger partial charge in [0, 0.05) is 9.80 Å². The molecule has 15 heavy (non-hydrogen) atoms. The van der Waals surface area contributed by atoms with E-state index in [9.17, 15) is 4.21 Å². The summed E-state index contributed by atoms with van der Waals surface area (Å²) in [6.07, 6.45) is 1.86. The minimum absolute atomic E-state index is 0.652. The van der Waals surface area contributed by atoms with E-state index in [1.54, 1.807) is 0 Å². The van der Waals surface area contributed by atoms with Crippen molar-refractivity contribution in [1.29, 1.82) is 0 Å². The highest BCUT2D eigenvalue weighted by molar-refractivity contribution is 7.89. The third-order valence-corrected chi connectivity index (χ3v) is 3.22. The lowest BCUT2D eigenvalue weighted by molar-refractivity contribution is 0.687. The number of rotatable bonds is 3. The van der Waals surface area contributed by atoms with Crippen LogP contribution in [-0.2, 0) is 10.8 Å². The van der Waals surface area contributed by atoms with Crippen molar-refractivity contribution in [2.45, 2.75) is 25.7 Å². The Morgan fingerprint density at radius 1 is 1.27 bits per heavy atom. The van der Waals surface area contributed by atoms with Gasteiger partial charge < -0.3 is 0 Å². The molecule has 0 aliphatic carbocycles. The van der Waals surface area contributed by atoms with Crippen molar-refractivity contribution in [1.82, 2.24) is 0 Å². The number of benzene rings is 1. The standard InChI is InChI=1S/C13H16OS/c1-10(2)9-12(4)15(14)13-7-5-11(3)6-8-13/h5-9H,4H2,1-3H3/t15-/m1/s1. The number of allylic oxidation sites excluding steroid dienone is 2. The maximum absolute atomic E-state index is 12.0. The van der Waals surface area contributed by atoms with Gasteiger partial charge in [0.05, 0.1) is 10.8 Å². The largest absolute Gasteiger partial charge is 0.249 e. The molecule has 0 radical (unpaired) electrons. The van der Waals surface area contributed by atoms with Gasteiger partial charge in [-0.1, -0.05) is 29.8 Å². The minimum atomic E-state index is -1.13. The second-order valence-electron chi connectivity index (χ2n) is 3.77. The van der Waals surface area contributed by atoms with E-state index in [-0.39, 0.29) is 0 Å². The summed E-state index contributed by atoms with van der Waals surface area (Å²) in [6, 6.07) is 7.69. The van der Waals surface area contributed by atoms with E-state index >= 15 is 0 Å². The lowest BCUT2D eigenvalue weighted by Gasteiger charge is -2.02. The van der Waals surface area contributed by atoms with Crippen molar-refractivity contribution >= 4 is 10.8 Å². The van der Waals surface area contributed by atoms with E-state index in [0.717, 1.165) is 10.5 Å². The molecule has 0 heterocycles. The zero-order valence-electron chi connectivity index (χ0n) is 9.41. The molecule has 0 saturated carbocycles. The first kappa shape index (κ1) is 11.9. The monoisotopic (exact) mass is 220 g/mol. The van der Waals surface area contributed by atoms with Crippen LogP contribution in [0.3, 0.4) is 0 Å². The van der Waals surface area contributed by atoms with E-state index in [2.05, 4.69) is 6.58 Å². The van der Waals surface area contributed by atoms with E-state index in [1.165, 1.54) is 5.56 Å². The molecule has 0 fully saturated rings. The fourth-order valence-corrected chi connectivity index (χ4v) is 2.22. The molecule has 1 atom stereocenters. The molecule has 2 heteroatoms. The van der Waals surface area contributed by atoms with Gasteiger partial charge in [-0.3, -0.25) is 0 Å². The topological polar surface area (TPSA) is 17.1 Å². The van der Waals surface area contributed by atoms with Crippen LogP contribution >= 0.6 is 0 Å². The normalized spacial score (nSPS) is 11.9. The number of aryl methyl sites for hydroxylation is 1. The maximum atomic E-state index is 12.0. The molecule has 0 aromatic heterocycles. The fraction of sp³-hybridized carbons (Fsp3) is 0.231. The van der Waals surface area contributed by atoms with Gasteiger partial charge in [0.2, 0.25) is 0 Å². The molecule has 0 bridgehead atoms. The van der Waals surface area contributed by atoms with Crippen LogP contribution < -0.4 is 0 Å². The van der Waals surface area contributed by atoms with Gasteiger partial charge in [-0.15, -0.1) is 0 Å².